The SMILES string of the molecule is CCOC(=O)c1cc(C#N)c(SCC(=O)N(C)Cc2c(F)cccc2Cl)nc1C. The van der Waals surface area contributed by atoms with E-state index in [1.807, 2.05) is 6.07 Å². The van der Waals surface area contributed by atoms with Gasteiger partial charge in [0.05, 0.1) is 29.2 Å². The van der Waals surface area contributed by atoms with Gasteiger partial charge in [0.25, 0.3) is 0 Å². The van der Waals surface area contributed by atoms with Crippen LogP contribution in [0.2, 0.25) is 5.02 Å². The van der Waals surface area contributed by atoms with Gasteiger partial charge in [0, 0.05) is 24.2 Å². The van der Waals surface area contributed by atoms with Gasteiger partial charge >= 0.3 is 5.97 Å². The highest BCUT2D eigenvalue weighted by atomic mass is 35.5. The summed E-state index contributed by atoms with van der Waals surface area (Å²) in [5.74, 6) is -1.33. The van der Waals surface area contributed by atoms with Crippen molar-refractivity contribution in [2.24, 2.45) is 0 Å². The summed E-state index contributed by atoms with van der Waals surface area (Å²) >= 11 is 7.08. The third-order valence-corrected chi connectivity index (χ3v) is 5.34. The summed E-state index contributed by atoms with van der Waals surface area (Å²) in [6.45, 7) is 3.55. The first-order valence-electron chi connectivity index (χ1n) is 8.67. The highest BCUT2D eigenvalue weighted by Gasteiger charge is 2.19. The summed E-state index contributed by atoms with van der Waals surface area (Å²) in [4.78, 5) is 30.0. The standard InChI is InChI=1S/C20H19ClFN3O3S/c1-4-28-20(27)14-8-13(9-23)19(24-12(14)2)29-11-18(26)25(3)10-15-16(21)6-5-7-17(15)22/h5-8H,4,10-11H2,1-3H3. The first kappa shape index (κ1) is 22.7. The van der Waals surface area contributed by atoms with Gasteiger partial charge in [-0.3, -0.25) is 4.79 Å². The molecule has 0 aliphatic heterocycles. The summed E-state index contributed by atoms with van der Waals surface area (Å²) < 4.78 is 18.9. The van der Waals surface area contributed by atoms with Crippen LogP contribution >= 0.6 is 23.4 Å². The predicted octanol–water partition coefficient (Wildman–Crippen LogP) is 3.98. The lowest BCUT2D eigenvalue weighted by atomic mass is 10.1. The van der Waals surface area contributed by atoms with Crippen LogP contribution < -0.4 is 0 Å². The first-order valence-corrected chi connectivity index (χ1v) is 10.0. The van der Waals surface area contributed by atoms with Crippen LogP contribution in [0.5, 0.6) is 0 Å². The van der Waals surface area contributed by atoms with Crippen molar-refractivity contribution in [1.82, 2.24) is 9.88 Å². The fourth-order valence-corrected chi connectivity index (χ4v) is 3.60. The summed E-state index contributed by atoms with van der Waals surface area (Å²) in [5.41, 5.74) is 1.03. The third-order valence-electron chi connectivity index (χ3n) is 4.01. The van der Waals surface area contributed by atoms with Crippen LogP contribution in [-0.4, -0.2) is 41.2 Å². The lowest BCUT2D eigenvalue weighted by Gasteiger charge is -2.18. The van der Waals surface area contributed by atoms with Crippen molar-refractivity contribution in [1.29, 1.82) is 5.26 Å². The number of aromatic nitrogens is 1. The molecular weight excluding hydrogens is 417 g/mol. The number of nitrogens with zero attached hydrogens (tertiary/aromatic N) is 3. The molecule has 0 aliphatic rings. The van der Waals surface area contributed by atoms with Crippen molar-refractivity contribution in [2.45, 2.75) is 25.4 Å². The average Bonchev–Trinajstić information content (AvgIpc) is 2.68. The Morgan fingerprint density at radius 2 is 2.14 bits per heavy atom. The summed E-state index contributed by atoms with van der Waals surface area (Å²) in [6.07, 6.45) is 0. The topological polar surface area (TPSA) is 83.3 Å². The number of thioether (sulfide) groups is 1. The van der Waals surface area contributed by atoms with E-state index < -0.39 is 11.8 Å². The van der Waals surface area contributed by atoms with E-state index in [2.05, 4.69) is 4.98 Å². The van der Waals surface area contributed by atoms with Gasteiger partial charge in [-0.05, 0) is 32.0 Å². The predicted molar refractivity (Wildman–Crippen MR) is 108 cm³/mol. The van der Waals surface area contributed by atoms with Crippen LogP contribution in [0.3, 0.4) is 0 Å². The van der Waals surface area contributed by atoms with Gasteiger partial charge in [-0.25, -0.2) is 14.2 Å². The number of nitriles is 1. The molecule has 0 N–H and O–H groups in total. The molecule has 6 nitrogen and oxygen atoms in total. The quantitative estimate of drug-likeness (QED) is 0.483. The molecule has 2 rings (SSSR count). The van der Waals surface area contributed by atoms with Crippen LogP contribution in [0.4, 0.5) is 4.39 Å². The number of amides is 1. The summed E-state index contributed by atoms with van der Waals surface area (Å²) in [5, 5.41) is 9.95. The van der Waals surface area contributed by atoms with Gasteiger partial charge in [0.15, 0.2) is 0 Å². The lowest BCUT2D eigenvalue weighted by molar-refractivity contribution is -0.127. The normalized spacial score (nSPS) is 10.3. The first-order chi connectivity index (χ1) is 13.8. The fraction of sp³-hybridized carbons (Fsp3) is 0.300. The Morgan fingerprint density at radius 1 is 1.41 bits per heavy atom. The van der Waals surface area contributed by atoms with Crippen molar-refractivity contribution in [3.8, 4) is 6.07 Å². The Hall–Kier alpha value is -2.63. The van der Waals surface area contributed by atoms with Crippen molar-refractivity contribution in [3.05, 3.63) is 57.5 Å². The molecule has 0 unspecified atom stereocenters. The van der Waals surface area contributed by atoms with Crippen LogP contribution in [0.25, 0.3) is 0 Å². The average molecular weight is 436 g/mol. The molecule has 29 heavy (non-hydrogen) atoms. The number of carbonyl (C=O) groups excluding carboxylic acids is 2. The minimum atomic E-state index is -0.553. The van der Waals surface area contributed by atoms with E-state index in [4.69, 9.17) is 16.3 Å². The number of ether oxygens (including phenoxy) is 1. The monoisotopic (exact) mass is 435 g/mol. The van der Waals surface area contributed by atoms with E-state index in [-0.39, 0.29) is 46.5 Å². The van der Waals surface area contributed by atoms with Crippen molar-refractivity contribution >= 4 is 35.2 Å². The maximum atomic E-state index is 13.9. The molecule has 0 saturated heterocycles. The molecule has 152 valence electrons. The molecular formula is C20H19ClFN3O3S. The minimum Gasteiger partial charge on any atom is -0.462 e. The molecule has 0 atom stereocenters. The highest BCUT2D eigenvalue weighted by Crippen LogP contribution is 2.25. The molecule has 0 bridgehead atoms. The molecule has 1 heterocycles. The van der Waals surface area contributed by atoms with Gasteiger partial charge in [0.1, 0.15) is 16.9 Å². The second-order valence-electron chi connectivity index (χ2n) is 6.05. The zero-order valence-electron chi connectivity index (χ0n) is 16.2. The Morgan fingerprint density at radius 3 is 2.76 bits per heavy atom. The molecule has 1 aromatic heterocycles. The molecule has 9 heteroatoms. The molecule has 0 spiro atoms. The second kappa shape index (κ2) is 10.2. The van der Waals surface area contributed by atoms with Crippen LogP contribution in [0.15, 0.2) is 29.3 Å². The Labute approximate surface area is 177 Å². The molecule has 2 aromatic rings. The molecule has 1 amide bonds. The number of benzene rings is 1. The number of esters is 1. The van der Waals surface area contributed by atoms with Crippen LogP contribution in [0.1, 0.15) is 34.1 Å². The van der Waals surface area contributed by atoms with E-state index in [1.165, 1.54) is 23.1 Å². The van der Waals surface area contributed by atoms with Crippen molar-refractivity contribution in [3.63, 3.8) is 0 Å². The minimum absolute atomic E-state index is 0.0115. The van der Waals surface area contributed by atoms with Gasteiger partial charge in [0.2, 0.25) is 5.91 Å². The largest absolute Gasteiger partial charge is 0.462 e. The Bertz CT molecular complexity index is 958. The number of pyridine rings is 1. The summed E-state index contributed by atoms with van der Waals surface area (Å²) in [7, 11) is 1.54. The molecule has 0 radical (unpaired) electrons. The number of halogens is 2. The fourth-order valence-electron chi connectivity index (χ4n) is 2.44. The second-order valence-corrected chi connectivity index (χ2v) is 7.42. The van der Waals surface area contributed by atoms with Crippen molar-refractivity contribution in [2.75, 3.05) is 19.4 Å². The number of hydrogen-bond donors (Lipinski definition) is 0. The maximum absolute atomic E-state index is 13.9. The zero-order valence-corrected chi connectivity index (χ0v) is 17.7. The zero-order chi connectivity index (χ0) is 21.6. The smallest absolute Gasteiger partial charge is 0.340 e. The number of hydrogen-bond acceptors (Lipinski definition) is 6. The maximum Gasteiger partial charge on any atom is 0.340 e. The molecule has 0 fully saturated rings. The van der Waals surface area contributed by atoms with E-state index >= 15 is 0 Å². The van der Waals surface area contributed by atoms with Crippen LogP contribution in [0, 0.1) is 24.1 Å². The number of aryl methyl sites for hydroxylation is 1. The summed E-state index contributed by atoms with van der Waals surface area (Å²) in [6, 6.07) is 7.74. The molecule has 0 aliphatic carbocycles. The third kappa shape index (κ3) is 5.68. The molecule has 0 saturated carbocycles. The van der Waals surface area contributed by atoms with Gasteiger partial charge in [-0.2, -0.15) is 5.26 Å². The highest BCUT2D eigenvalue weighted by molar-refractivity contribution is 8.00. The van der Waals surface area contributed by atoms with E-state index in [0.717, 1.165) is 11.8 Å². The number of rotatable bonds is 7. The van der Waals surface area contributed by atoms with E-state index in [9.17, 15) is 19.2 Å². The van der Waals surface area contributed by atoms with Gasteiger partial charge in [-0.1, -0.05) is 29.4 Å². The Kier molecular flexibility index (Phi) is 8.00. The lowest BCUT2D eigenvalue weighted by Crippen LogP contribution is -2.28. The van der Waals surface area contributed by atoms with Crippen LogP contribution in [-0.2, 0) is 16.1 Å². The Balaban J connectivity index is 2.10. The van der Waals surface area contributed by atoms with Gasteiger partial charge in [-0.15, -0.1) is 0 Å². The van der Waals surface area contributed by atoms with E-state index in [0.29, 0.717) is 10.7 Å². The van der Waals surface area contributed by atoms with Gasteiger partial charge < -0.3 is 9.64 Å². The number of carbonyl (C=O) groups is 2. The van der Waals surface area contributed by atoms with Crippen molar-refractivity contribution < 1.29 is 18.7 Å². The molecule has 1 aromatic carbocycles. The van der Waals surface area contributed by atoms with E-state index in [1.54, 1.807) is 27.0 Å².